The summed E-state index contributed by atoms with van der Waals surface area (Å²) in [5.74, 6) is 0.940. The van der Waals surface area contributed by atoms with Crippen molar-refractivity contribution in [1.82, 2.24) is 5.16 Å². The van der Waals surface area contributed by atoms with Gasteiger partial charge < -0.3 is 19.3 Å². The normalized spacial score (nSPS) is 14.1. The largest absolute Gasteiger partial charge is 0.392 e. The maximum Gasteiger partial charge on any atom is 0.144 e. The van der Waals surface area contributed by atoms with Crippen LogP contribution in [0.2, 0.25) is 0 Å². The molecular formula is C15H18N2O3. The van der Waals surface area contributed by atoms with Crippen LogP contribution in [0, 0.1) is 0 Å². The van der Waals surface area contributed by atoms with Crippen molar-refractivity contribution in [2.45, 2.75) is 26.2 Å². The molecule has 0 amide bonds. The Balaban J connectivity index is 1.82. The van der Waals surface area contributed by atoms with E-state index in [0.717, 1.165) is 34.7 Å². The zero-order valence-electron chi connectivity index (χ0n) is 11.5. The third-order valence-electron chi connectivity index (χ3n) is 3.63. The maximum atomic E-state index is 9.40. The topological polar surface area (TPSA) is 58.7 Å². The lowest BCUT2D eigenvalue weighted by molar-refractivity contribution is 0.102. The Bertz CT molecular complexity index is 595. The van der Waals surface area contributed by atoms with E-state index < -0.39 is 0 Å². The van der Waals surface area contributed by atoms with E-state index in [1.807, 2.05) is 31.3 Å². The minimum atomic E-state index is 0.0283. The molecule has 0 radical (unpaired) electrons. The van der Waals surface area contributed by atoms with Crippen molar-refractivity contribution in [2.24, 2.45) is 0 Å². The first-order chi connectivity index (χ1) is 9.79. The summed E-state index contributed by atoms with van der Waals surface area (Å²) >= 11 is 0. The summed E-state index contributed by atoms with van der Waals surface area (Å²) in [6, 6.07) is 7.81. The molecule has 1 aromatic carbocycles. The van der Waals surface area contributed by atoms with E-state index >= 15 is 0 Å². The molecule has 0 unspecified atom stereocenters. The number of rotatable bonds is 4. The number of aromatic nitrogens is 1. The Morgan fingerprint density at radius 2 is 2.20 bits per heavy atom. The quantitative estimate of drug-likeness (QED) is 0.922. The molecule has 0 fully saturated rings. The lowest BCUT2D eigenvalue weighted by atomic mass is 10.1. The lowest BCUT2D eigenvalue weighted by Gasteiger charge is -2.21. The maximum absolute atomic E-state index is 9.40. The first-order valence-electron chi connectivity index (χ1n) is 6.73. The Morgan fingerprint density at radius 1 is 1.35 bits per heavy atom. The molecule has 5 nitrogen and oxygen atoms in total. The average molecular weight is 274 g/mol. The van der Waals surface area contributed by atoms with E-state index in [1.54, 1.807) is 0 Å². The Hall–Kier alpha value is -1.85. The number of para-hydroxylation sites is 1. The molecule has 20 heavy (non-hydrogen) atoms. The SMILES string of the molecule is CN(Cc1noc2c1COCC2)c1ccccc1CO. The van der Waals surface area contributed by atoms with E-state index in [-0.39, 0.29) is 6.61 Å². The number of benzene rings is 1. The number of anilines is 1. The number of fused-ring (bicyclic) bond motifs is 1. The molecule has 3 rings (SSSR count). The van der Waals surface area contributed by atoms with Gasteiger partial charge in [0.2, 0.25) is 0 Å². The van der Waals surface area contributed by atoms with Crippen LogP contribution >= 0.6 is 0 Å². The third kappa shape index (κ3) is 2.42. The minimum Gasteiger partial charge on any atom is -0.392 e. The first kappa shape index (κ1) is 13.1. The van der Waals surface area contributed by atoms with Gasteiger partial charge in [-0.2, -0.15) is 0 Å². The molecule has 106 valence electrons. The van der Waals surface area contributed by atoms with Gasteiger partial charge in [0.15, 0.2) is 0 Å². The smallest absolute Gasteiger partial charge is 0.144 e. The molecule has 0 aliphatic carbocycles. The van der Waals surface area contributed by atoms with Crippen LogP contribution in [0.5, 0.6) is 0 Å². The second kappa shape index (κ2) is 5.64. The van der Waals surface area contributed by atoms with Crippen LogP contribution in [0.15, 0.2) is 28.8 Å². The van der Waals surface area contributed by atoms with Gasteiger partial charge in [-0.05, 0) is 6.07 Å². The van der Waals surface area contributed by atoms with Crippen molar-refractivity contribution in [3.05, 3.63) is 46.8 Å². The summed E-state index contributed by atoms with van der Waals surface area (Å²) in [6.45, 7) is 1.94. The first-order valence-corrected chi connectivity index (χ1v) is 6.73. The zero-order valence-corrected chi connectivity index (χ0v) is 11.5. The predicted octanol–water partition coefficient (Wildman–Crippen LogP) is 1.88. The summed E-state index contributed by atoms with van der Waals surface area (Å²) in [6.07, 6.45) is 0.791. The van der Waals surface area contributed by atoms with Crippen molar-refractivity contribution in [1.29, 1.82) is 0 Å². The van der Waals surface area contributed by atoms with Gasteiger partial charge in [0.1, 0.15) is 11.5 Å². The van der Waals surface area contributed by atoms with Gasteiger partial charge in [-0.25, -0.2) is 0 Å². The average Bonchev–Trinajstić information content (AvgIpc) is 2.90. The van der Waals surface area contributed by atoms with E-state index in [0.29, 0.717) is 19.8 Å². The van der Waals surface area contributed by atoms with Crippen molar-refractivity contribution < 1.29 is 14.4 Å². The number of ether oxygens (including phenoxy) is 1. The molecule has 0 atom stereocenters. The fourth-order valence-electron chi connectivity index (χ4n) is 2.53. The molecule has 1 aliphatic heterocycles. The molecule has 1 aliphatic rings. The van der Waals surface area contributed by atoms with E-state index in [9.17, 15) is 5.11 Å². The molecule has 2 heterocycles. The van der Waals surface area contributed by atoms with Crippen molar-refractivity contribution in [3.8, 4) is 0 Å². The molecule has 0 spiro atoms. The zero-order chi connectivity index (χ0) is 13.9. The van der Waals surface area contributed by atoms with Crippen molar-refractivity contribution >= 4 is 5.69 Å². The van der Waals surface area contributed by atoms with Gasteiger partial charge in [-0.3, -0.25) is 0 Å². The van der Waals surface area contributed by atoms with E-state index in [1.165, 1.54) is 0 Å². The highest BCUT2D eigenvalue weighted by molar-refractivity contribution is 5.53. The fraction of sp³-hybridized carbons (Fsp3) is 0.400. The summed E-state index contributed by atoms with van der Waals surface area (Å²) in [7, 11) is 1.99. The van der Waals surface area contributed by atoms with Crippen LogP contribution in [0.3, 0.4) is 0 Å². The second-order valence-electron chi connectivity index (χ2n) is 4.98. The Morgan fingerprint density at radius 3 is 3.05 bits per heavy atom. The predicted molar refractivity (Wildman–Crippen MR) is 74.3 cm³/mol. The van der Waals surface area contributed by atoms with Gasteiger partial charge in [-0.1, -0.05) is 23.4 Å². The number of hydrogen-bond donors (Lipinski definition) is 1. The number of nitrogens with zero attached hydrogens (tertiary/aromatic N) is 2. The highest BCUT2D eigenvalue weighted by atomic mass is 16.5. The minimum absolute atomic E-state index is 0.0283. The van der Waals surface area contributed by atoms with Crippen LogP contribution < -0.4 is 4.90 Å². The van der Waals surface area contributed by atoms with Crippen LogP contribution in [-0.2, 0) is 30.9 Å². The van der Waals surface area contributed by atoms with E-state index in [4.69, 9.17) is 9.26 Å². The highest BCUT2D eigenvalue weighted by Crippen LogP contribution is 2.25. The van der Waals surface area contributed by atoms with Crippen LogP contribution in [-0.4, -0.2) is 23.9 Å². The summed E-state index contributed by atoms with van der Waals surface area (Å²) in [5, 5.41) is 13.6. The van der Waals surface area contributed by atoms with Crippen molar-refractivity contribution in [3.63, 3.8) is 0 Å². The standard InChI is InChI=1S/C15H18N2O3/c1-17(14-5-3-2-4-11(14)9-18)8-13-12-10-19-7-6-15(12)20-16-13/h2-5,18H,6-10H2,1H3. The molecule has 1 N–H and O–H groups in total. The van der Waals surface area contributed by atoms with E-state index in [2.05, 4.69) is 10.1 Å². The van der Waals surface area contributed by atoms with Gasteiger partial charge >= 0.3 is 0 Å². The summed E-state index contributed by atoms with van der Waals surface area (Å²) < 4.78 is 10.8. The molecular weight excluding hydrogens is 256 g/mol. The molecule has 1 aromatic heterocycles. The summed E-state index contributed by atoms with van der Waals surface area (Å²) in [4.78, 5) is 2.07. The molecule has 0 bridgehead atoms. The van der Waals surface area contributed by atoms with Crippen LogP contribution in [0.25, 0.3) is 0 Å². The molecule has 5 heteroatoms. The van der Waals surface area contributed by atoms with Crippen LogP contribution in [0.4, 0.5) is 5.69 Å². The lowest BCUT2D eigenvalue weighted by Crippen LogP contribution is -2.20. The second-order valence-corrected chi connectivity index (χ2v) is 4.98. The van der Waals surface area contributed by atoms with Gasteiger partial charge in [0.05, 0.1) is 26.4 Å². The fourth-order valence-corrected chi connectivity index (χ4v) is 2.53. The van der Waals surface area contributed by atoms with Gasteiger partial charge in [0, 0.05) is 30.3 Å². The Kier molecular flexibility index (Phi) is 3.71. The molecule has 0 saturated carbocycles. The summed E-state index contributed by atoms with van der Waals surface area (Å²) in [5.41, 5.74) is 3.90. The monoisotopic (exact) mass is 274 g/mol. The number of aliphatic hydroxyl groups excluding tert-OH is 1. The van der Waals surface area contributed by atoms with Crippen LogP contribution in [0.1, 0.15) is 22.6 Å². The molecule has 2 aromatic rings. The number of aliphatic hydroxyl groups is 1. The Labute approximate surface area is 117 Å². The van der Waals surface area contributed by atoms with Gasteiger partial charge in [0.25, 0.3) is 0 Å². The van der Waals surface area contributed by atoms with Gasteiger partial charge in [-0.15, -0.1) is 0 Å². The van der Waals surface area contributed by atoms with Crippen molar-refractivity contribution in [2.75, 3.05) is 18.6 Å². The third-order valence-corrected chi connectivity index (χ3v) is 3.63. The highest BCUT2D eigenvalue weighted by Gasteiger charge is 2.21. The number of hydrogen-bond acceptors (Lipinski definition) is 5. The molecule has 0 saturated heterocycles.